The molecule has 4 rings (SSSR count). The molecule has 1 N–H and O–H groups in total. The molecule has 29 heavy (non-hydrogen) atoms. The normalized spacial score (nSPS) is 21.2. The van der Waals surface area contributed by atoms with Gasteiger partial charge in [0, 0.05) is 41.8 Å². The van der Waals surface area contributed by atoms with Crippen LogP contribution < -0.4 is 10.9 Å². The lowest BCUT2D eigenvalue weighted by molar-refractivity contribution is -0.115. The number of rotatable bonds is 3. The second kappa shape index (κ2) is 8.62. The van der Waals surface area contributed by atoms with Gasteiger partial charge in [-0.3, -0.25) is 9.59 Å². The summed E-state index contributed by atoms with van der Waals surface area (Å²) in [4.78, 5) is 27.0. The van der Waals surface area contributed by atoms with Gasteiger partial charge in [0.15, 0.2) is 0 Å². The average molecular weight is 492 g/mol. The van der Waals surface area contributed by atoms with Crippen LogP contribution in [0.1, 0.15) is 25.0 Å². The fourth-order valence-electron chi connectivity index (χ4n) is 4.12. The summed E-state index contributed by atoms with van der Waals surface area (Å²) in [5.74, 6) is 0.641. The number of nitrogens with one attached hydrogen (secondary N) is 1. The van der Waals surface area contributed by atoms with Gasteiger partial charge in [-0.1, -0.05) is 42.2 Å². The van der Waals surface area contributed by atoms with E-state index < -0.39 is 0 Å². The van der Waals surface area contributed by atoms with Crippen molar-refractivity contribution >= 4 is 55.8 Å². The predicted octanol–water partition coefficient (Wildman–Crippen LogP) is 4.08. The third-order valence-corrected chi connectivity index (χ3v) is 7.78. The Morgan fingerprint density at radius 2 is 2.00 bits per heavy atom. The van der Waals surface area contributed by atoms with Crippen LogP contribution in [0.5, 0.6) is 0 Å². The van der Waals surface area contributed by atoms with Crippen molar-refractivity contribution in [2.75, 3.05) is 18.4 Å². The molecule has 0 radical (unpaired) electrons. The van der Waals surface area contributed by atoms with Crippen molar-refractivity contribution in [1.29, 1.82) is 0 Å². The van der Waals surface area contributed by atoms with Gasteiger partial charge in [0.05, 0.1) is 10.9 Å². The van der Waals surface area contributed by atoms with Gasteiger partial charge < -0.3 is 14.8 Å². The first-order chi connectivity index (χ1) is 13.9. The number of aromatic nitrogens is 1. The average Bonchev–Trinajstić information content (AvgIpc) is 2.70. The lowest BCUT2D eigenvalue weighted by Crippen LogP contribution is -2.48. The molecule has 0 unspecified atom stereocenters. The van der Waals surface area contributed by atoms with Gasteiger partial charge in [-0.15, -0.1) is 0 Å². The molecule has 0 spiro atoms. The lowest BCUT2D eigenvalue weighted by atomic mass is 9.83. The van der Waals surface area contributed by atoms with Crippen LogP contribution in [-0.2, 0) is 11.3 Å². The van der Waals surface area contributed by atoms with Gasteiger partial charge in [0.1, 0.15) is 4.32 Å². The Balaban J connectivity index is 1.40. The maximum absolute atomic E-state index is 12.6. The number of nitrogens with zero attached hydrogens (tertiary/aromatic N) is 2. The second-order valence-corrected chi connectivity index (χ2v) is 10.4. The molecule has 0 saturated carbocycles. The first-order valence-corrected chi connectivity index (χ1v) is 11.7. The molecule has 8 heteroatoms. The fourth-order valence-corrected chi connectivity index (χ4v) is 5.85. The summed E-state index contributed by atoms with van der Waals surface area (Å²) in [5.41, 5.74) is 1.94. The molecule has 0 aliphatic carbocycles. The van der Waals surface area contributed by atoms with E-state index in [4.69, 9.17) is 12.2 Å². The number of anilines is 1. The topological polar surface area (TPSA) is 54.3 Å². The van der Waals surface area contributed by atoms with Gasteiger partial charge in [0.2, 0.25) is 5.91 Å². The SMILES string of the molecule is C[C@H](SC(=S)N1C[C@@H]2C[C@@H](C1)c1cccc(=O)n1C2)C(=O)Nc1ccccc1Br. The number of hydrogen-bond acceptors (Lipinski definition) is 4. The summed E-state index contributed by atoms with van der Waals surface area (Å²) >= 11 is 10.6. The fraction of sp³-hybridized carbons (Fsp3) is 0.381. The third-order valence-electron chi connectivity index (χ3n) is 5.52. The van der Waals surface area contributed by atoms with Crippen LogP contribution >= 0.6 is 39.9 Å². The van der Waals surface area contributed by atoms with Crippen molar-refractivity contribution in [1.82, 2.24) is 9.47 Å². The van der Waals surface area contributed by atoms with Crippen molar-refractivity contribution < 1.29 is 4.79 Å². The highest BCUT2D eigenvalue weighted by Crippen LogP contribution is 2.36. The number of halogens is 1. The van der Waals surface area contributed by atoms with Gasteiger partial charge in [0.25, 0.3) is 5.56 Å². The first-order valence-electron chi connectivity index (χ1n) is 9.63. The van der Waals surface area contributed by atoms with Gasteiger partial charge in [-0.2, -0.15) is 0 Å². The molecule has 3 heterocycles. The molecule has 1 fully saturated rings. The van der Waals surface area contributed by atoms with Gasteiger partial charge >= 0.3 is 0 Å². The Labute approximate surface area is 188 Å². The molecule has 2 bridgehead atoms. The maximum Gasteiger partial charge on any atom is 0.250 e. The minimum atomic E-state index is -0.300. The van der Waals surface area contributed by atoms with Crippen LogP contribution in [0.15, 0.2) is 51.7 Å². The highest BCUT2D eigenvalue weighted by molar-refractivity contribution is 9.10. The molecule has 3 atom stereocenters. The van der Waals surface area contributed by atoms with Crippen LogP contribution in [-0.4, -0.2) is 38.0 Å². The molecule has 1 aromatic heterocycles. The summed E-state index contributed by atoms with van der Waals surface area (Å²) in [6.07, 6.45) is 1.09. The number of carbonyl (C=O) groups excluding carboxylic acids is 1. The van der Waals surface area contributed by atoms with Crippen LogP contribution in [0.25, 0.3) is 0 Å². The summed E-state index contributed by atoms with van der Waals surface area (Å²) < 4.78 is 3.52. The van der Waals surface area contributed by atoms with Crippen molar-refractivity contribution in [3.63, 3.8) is 0 Å². The van der Waals surface area contributed by atoms with E-state index in [0.717, 1.165) is 46.2 Å². The quantitative estimate of drug-likeness (QED) is 0.655. The van der Waals surface area contributed by atoms with Crippen molar-refractivity contribution in [3.05, 3.63) is 63.0 Å². The molecule has 2 aliphatic rings. The highest BCUT2D eigenvalue weighted by atomic mass is 79.9. The number of para-hydroxylation sites is 1. The zero-order valence-electron chi connectivity index (χ0n) is 16.0. The van der Waals surface area contributed by atoms with Crippen LogP contribution in [0.2, 0.25) is 0 Å². The van der Waals surface area contributed by atoms with E-state index >= 15 is 0 Å². The van der Waals surface area contributed by atoms with E-state index in [1.807, 2.05) is 41.8 Å². The van der Waals surface area contributed by atoms with Crippen molar-refractivity contribution in [2.45, 2.75) is 31.1 Å². The Bertz CT molecular complexity index is 1010. The van der Waals surface area contributed by atoms with E-state index in [0.29, 0.717) is 11.8 Å². The Morgan fingerprint density at radius 3 is 2.79 bits per heavy atom. The van der Waals surface area contributed by atoms with E-state index in [1.165, 1.54) is 11.8 Å². The molecule has 2 aliphatic heterocycles. The smallest absolute Gasteiger partial charge is 0.250 e. The zero-order chi connectivity index (χ0) is 20.5. The number of hydrogen-bond donors (Lipinski definition) is 1. The lowest BCUT2D eigenvalue weighted by Gasteiger charge is -2.43. The van der Waals surface area contributed by atoms with Crippen LogP contribution in [0.3, 0.4) is 0 Å². The number of amides is 1. The summed E-state index contributed by atoms with van der Waals surface area (Å²) in [6, 6.07) is 13.1. The number of piperidine rings is 1. The molecule has 1 amide bonds. The number of likely N-dealkylation sites (tertiary alicyclic amines) is 1. The minimum Gasteiger partial charge on any atom is -0.356 e. The number of thiocarbonyl (C=S) groups is 1. The van der Waals surface area contributed by atoms with Crippen LogP contribution in [0, 0.1) is 5.92 Å². The van der Waals surface area contributed by atoms with Crippen LogP contribution in [0.4, 0.5) is 5.69 Å². The first kappa shape index (κ1) is 20.6. The predicted molar refractivity (Wildman–Crippen MR) is 126 cm³/mol. The van der Waals surface area contributed by atoms with Crippen molar-refractivity contribution in [2.24, 2.45) is 5.92 Å². The van der Waals surface area contributed by atoms with E-state index in [-0.39, 0.29) is 16.7 Å². The Morgan fingerprint density at radius 1 is 1.21 bits per heavy atom. The molecular weight excluding hydrogens is 470 g/mol. The zero-order valence-corrected chi connectivity index (χ0v) is 19.2. The van der Waals surface area contributed by atoms with Gasteiger partial charge in [-0.25, -0.2) is 0 Å². The Kier molecular flexibility index (Phi) is 6.13. The van der Waals surface area contributed by atoms with E-state index in [1.54, 1.807) is 6.07 Å². The maximum atomic E-state index is 12.6. The minimum absolute atomic E-state index is 0.0710. The molecule has 5 nitrogen and oxygen atoms in total. The largest absolute Gasteiger partial charge is 0.356 e. The molecule has 152 valence electrons. The standard InChI is InChI=1S/C21H22BrN3O2S2/c1-13(20(27)23-17-6-3-2-5-16(17)22)29-21(28)24-10-14-9-15(12-24)18-7-4-8-19(26)25(18)11-14/h2-8,13-15H,9-12H2,1H3,(H,23,27)/t13-,14-,15-/m0/s1. The molecule has 1 aromatic carbocycles. The van der Waals surface area contributed by atoms with E-state index in [9.17, 15) is 9.59 Å². The number of carbonyl (C=O) groups is 1. The summed E-state index contributed by atoms with van der Waals surface area (Å²) in [5, 5.41) is 2.65. The van der Waals surface area contributed by atoms with Gasteiger partial charge in [-0.05, 0) is 53.4 Å². The molecule has 2 aromatic rings. The van der Waals surface area contributed by atoms with Crippen molar-refractivity contribution in [3.8, 4) is 0 Å². The number of benzene rings is 1. The van der Waals surface area contributed by atoms with E-state index in [2.05, 4.69) is 32.2 Å². The second-order valence-electron chi connectivity index (χ2n) is 7.60. The third kappa shape index (κ3) is 4.44. The summed E-state index contributed by atoms with van der Waals surface area (Å²) in [7, 11) is 0. The number of pyridine rings is 1. The number of fused-ring (bicyclic) bond motifs is 4. The molecule has 1 saturated heterocycles. The highest BCUT2D eigenvalue weighted by Gasteiger charge is 2.35. The molecular formula is C21H22BrN3O2S2. The Hall–Kier alpha value is -1.64. The summed E-state index contributed by atoms with van der Waals surface area (Å²) in [6.45, 7) is 4.25. The monoisotopic (exact) mass is 491 g/mol. The number of thioether (sulfide) groups is 1.